The van der Waals surface area contributed by atoms with E-state index in [0.29, 0.717) is 0 Å². The molecule has 0 spiro atoms. The van der Waals surface area contributed by atoms with Gasteiger partial charge in [-0.05, 0) is 27.1 Å². The fourth-order valence-corrected chi connectivity index (χ4v) is 12.2. The van der Waals surface area contributed by atoms with Crippen molar-refractivity contribution in [2.45, 2.75) is 30.8 Å². The van der Waals surface area contributed by atoms with Crippen molar-refractivity contribution in [2.24, 2.45) is 0 Å². The zero-order chi connectivity index (χ0) is 27.3. The van der Waals surface area contributed by atoms with E-state index in [4.69, 9.17) is 9.47 Å². The Hall–Kier alpha value is -3.64. The molecule has 2 aromatic heterocycles. The number of rotatable bonds is 6. The molecule has 200 valence electrons. The standard InChI is InChI=1S/C37H30O2P2/c1-2-25-19-21-26(22-20-25)37-38-31(23-40-33-15-7-3-11-27(33)28-12-4-8-16-34(28)40)32(39-37)24-41-35-17-9-5-13-29(35)30-14-6-10-18-36(30)41/h2-22,31-32,37H,1,23-24H2. The molecule has 0 saturated carbocycles. The number of hydrogen-bond acceptors (Lipinski definition) is 2. The second-order valence-corrected chi connectivity index (χ2v) is 15.2. The van der Waals surface area contributed by atoms with E-state index in [0.717, 1.165) is 23.5 Å². The molecule has 0 radical (unpaired) electrons. The van der Waals surface area contributed by atoms with E-state index in [2.05, 4.69) is 128 Å². The third kappa shape index (κ3) is 4.26. The van der Waals surface area contributed by atoms with Crippen molar-refractivity contribution in [1.82, 2.24) is 0 Å². The van der Waals surface area contributed by atoms with Crippen molar-refractivity contribution in [3.8, 4) is 0 Å². The zero-order valence-electron chi connectivity index (χ0n) is 22.7. The van der Waals surface area contributed by atoms with Crippen LogP contribution in [0.25, 0.3) is 48.1 Å². The molecule has 2 unspecified atom stereocenters. The third-order valence-electron chi connectivity index (χ3n) is 8.54. The van der Waals surface area contributed by atoms with Gasteiger partial charge in [-0.1, -0.05) is 134 Å². The summed E-state index contributed by atoms with van der Waals surface area (Å²) in [5, 5.41) is 11.4. The van der Waals surface area contributed by atoms with Gasteiger partial charge in [-0.2, -0.15) is 0 Å². The number of fused-ring (bicyclic) bond motifs is 6. The summed E-state index contributed by atoms with van der Waals surface area (Å²) in [6.45, 7) is 3.91. The van der Waals surface area contributed by atoms with Crippen LogP contribution in [0.2, 0.25) is 0 Å². The summed E-state index contributed by atoms with van der Waals surface area (Å²) in [5.74, 6) is 0. The van der Waals surface area contributed by atoms with Gasteiger partial charge in [-0.15, -0.1) is 15.1 Å². The van der Waals surface area contributed by atoms with Crippen LogP contribution >= 0.6 is 15.1 Å². The highest BCUT2D eigenvalue weighted by atomic mass is 31.1. The smallest absolute Gasteiger partial charge is 0.184 e. The van der Waals surface area contributed by atoms with Crippen molar-refractivity contribution < 1.29 is 9.47 Å². The molecule has 41 heavy (non-hydrogen) atoms. The van der Waals surface area contributed by atoms with Crippen LogP contribution in [0.15, 0.2) is 128 Å². The second kappa shape index (κ2) is 10.3. The Kier molecular flexibility index (Phi) is 6.32. The minimum Gasteiger partial charge on any atom is -0.342 e. The van der Waals surface area contributed by atoms with E-state index in [1.807, 2.05) is 6.08 Å². The van der Waals surface area contributed by atoms with Crippen LogP contribution < -0.4 is 0 Å². The van der Waals surface area contributed by atoms with Crippen LogP contribution in [-0.2, 0) is 21.8 Å². The van der Waals surface area contributed by atoms with Crippen molar-refractivity contribution >= 4 is 63.2 Å². The van der Waals surface area contributed by atoms with Crippen LogP contribution in [-0.4, -0.2) is 12.2 Å². The van der Waals surface area contributed by atoms with E-state index in [1.165, 1.54) is 42.0 Å². The van der Waals surface area contributed by atoms with Crippen molar-refractivity contribution in [3.63, 3.8) is 0 Å². The first-order valence-corrected chi connectivity index (χ1v) is 17.3. The van der Waals surface area contributed by atoms with Crippen molar-refractivity contribution in [2.75, 3.05) is 0 Å². The molecule has 5 aromatic carbocycles. The Morgan fingerprint density at radius 3 is 1.24 bits per heavy atom. The molecule has 7 aromatic rings. The van der Waals surface area contributed by atoms with Gasteiger partial charge in [-0.25, -0.2) is 0 Å². The van der Waals surface area contributed by atoms with E-state index >= 15 is 0 Å². The van der Waals surface area contributed by atoms with Gasteiger partial charge in [0.25, 0.3) is 0 Å². The number of benzene rings is 5. The first-order valence-electron chi connectivity index (χ1n) is 14.2. The van der Waals surface area contributed by atoms with E-state index < -0.39 is 15.1 Å². The molecule has 1 aliphatic heterocycles. The molecule has 4 heteroatoms. The predicted octanol–water partition coefficient (Wildman–Crippen LogP) is 11.1. The molecule has 0 N–H and O–H groups in total. The normalized spacial score (nSPS) is 19.1. The lowest BCUT2D eigenvalue weighted by atomic mass is 10.1. The zero-order valence-corrected chi connectivity index (χ0v) is 24.5. The summed E-state index contributed by atoms with van der Waals surface area (Å²) in [6.07, 6.45) is 3.44. The van der Waals surface area contributed by atoms with Gasteiger partial charge in [0.2, 0.25) is 0 Å². The largest absolute Gasteiger partial charge is 0.342 e. The predicted molar refractivity (Wildman–Crippen MR) is 177 cm³/mol. The summed E-state index contributed by atoms with van der Waals surface area (Å²) in [5.41, 5.74) is 2.17. The monoisotopic (exact) mass is 568 g/mol. The molecule has 2 atom stereocenters. The van der Waals surface area contributed by atoms with Crippen LogP contribution in [0, 0.1) is 0 Å². The Balaban J connectivity index is 1.23. The summed E-state index contributed by atoms with van der Waals surface area (Å²) in [4.78, 5) is 0. The summed E-state index contributed by atoms with van der Waals surface area (Å²) in [7, 11) is -1.09. The molecule has 2 nitrogen and oxygen atoms in total. The van der Waals surface area contributed by atoms with E-state index in [-0.39, 0.29) is 18.5 Å². The lowest BCUT2D eigenvalue weighted by Crippen LogP contribution is -2.23. The highest BCUT2D eigenvalue weighted by Crippen LogP contribution is 2.55. The van der Waals surface area contributed by atoms with Crippen molar-refractivity contribution in [1.29, 1.82) is 0 Å². The van der Waals surface area contributed by atoms with Gasteiger partial charge in [0, 0.05) is 38.4 Å². The highest BCUT2D eigenvalue weighted by Gasteiger charge is 2.38. The third-order valence-corrected chi connectivity index (χ3v) is 13.9. The first kappa shape index (κ1) is 25.1. The number of hydrogen-bond donors (Lipinski definition) is 0. The van der Waals surface area contributed by atoms with Crippen LogP contribution in [0.4, 0.5) is 0 Å². The van der Waals surface area contributed by atoms with Crippen LogP contribution in [0.3, 0.4) is 0 Å². The van der Waals surface area contributed by atoms with Crippen LogP contribution in [0.5, 0.6) is 0 Å². The summed E-state index contributed by atoms with van der Waals surface area (Å²) < 4.78 is 13.8. The van der Waals surface area contributed by atoms with Gasteiger partial charge in [0.15, 0.2) is 6.29 Å². The van der Waals surface area contributed by atoms with Crippen molar-refractivity contribution in [3.05, 3.63) is 139 Å². The summed E-state index contributed by atoms with van der Waals surface area (Å²) >= 11 is 0. The minimum atomic E-state index is -0.544. The topological polar surface area (TPSA) is 18.5 Å². The maximum atomic E-state index is 6.89. The molecule has 1 aliphatic rings. The molecular formula is C37H30O2P2. The average molecular weight is 569 g/mol. The Bertz CT molecular complexity index is 1820. The fraction of sp³-hybridized carbons (Fsp3) is 0.135. The molecule has 8 rings (SSSR count). The van der Waals surface area contributed by atoms with Gasteiger partial charge in [0.05, 0.1) is 12.2 Å². The quantitative estimate of drug-likeness (QED) is 0.199. The van der Waals surface area contributed by atoms with Gasteiger partial charge in [0.1, 0.15) is 0 Å². The highest BCUT2D eigenvalue weighted by molar-refractivity contribution is 7.61. The molecule has 3 heterocycles. The average Bonchev–Trinajstić information content (AvgIpc) is 3.69. The fourth-order valence-electron chi connectivity index (χ4n) is 6.55. The Morgan fingerprint density at radius 1 is 0.512 bits per heavy atom. The molecule has 0 bridgehead atoms. The Labute approximate surface area is 242 Å². The molecule has 0 amide bonds. The molecular weight excluding hydrogens is 538 g/mol. The minimum absolute atomic E-state index is 0.00632. The SMILES string of the molecule is C=Cc1ccc(C2OC(Cp3c4ccccc4c4ccccc43)C(Cp3c4ccccc4c4ccccc43)O2)cc1. The van der Waals surface area contributed by atoms with Crippen LogP contribution in [0.1, 0.15) is 17.4 Å². The van der Waals surface area contributed by atoms with Gasteiger partial charge in [-0.3, -0.25) is 0 Å². The molecule has 1 fully saturated rings. The lowest BCUT2D eigenvalue weighted by Gasteiger charge is -2.18. The lowest BCUT2D eigenvalue weighted by molar-refractivity contribution is -0.0668. The van der Waals surface area contributed by atoms with Gasteiger partial charge >= 0.3 is 0 Å². The molecule has 1 saturated heterocycles. The van der Waals surface area contributed by atoms with E-state index in [1.54, 1.807) is 0 Å². The summed E-state index contributed by atoms with van der Waals surface area (Å²) in [6, 6.07) is 44.2. The Morgan fingerprint density at radius 2 is 0.878 bits per heavy atom. The first-order chi connectivity index (χ1) is 20.3. The molecule has 0 aliphatic carbocycles. The maximum Gasteiger partial charge on any atom is 0.184 e. The number of ether oxygens (including phenoxy) is 2. The second-order valence-electron chi connectivity index (χ2n) is 10.8. The van der Waals surface area contributed by atoms with Gasteiger partial charge < -0.3 is 9.47 Å². The van der Waals surface area contributed by atoms with E-state index in [9.17, 15) is 0 Å². The maximum absolute atomic E-state index is 6.89.